The van der Waals surface area contributed by atoms with E-state index in [0.717, 1.165) is 11.1 Å². The zero-order valence-corrected chi connectivity index (χ0v) is 28.2. The number of hydrogen-bond acceptors (Lipinski definition) is 5. The zero-order valence-electron chi connectivity index (χ0n) is 27.4. The summed E-state index contributed by atoms with van der Waals surface area (Å²) in [7, 11) is 0. The lowest BCUT2D eigenvalue weighted by Crippen LogP contribution is -2.59. The molecule has 10 heteroatoms. The van der Waals surface area contributed by atoms with Gasteiger partial charge in [-0.15, -0.1) is 0 Å². The van der Waals surface area contributed by atoms with E-state index >= 15 is 4.39 Å². The summed E-state index contributed by atoms with van der Waals surface area (Å²) in [4.78, 5) is 46.4. The Bertz CT molecular complexity index is 1540. The smallest absolute Gasteiger partial charge is 0.245 e. The Labute approximate surface area is 282 Å². The Hall–Kier alpha value is -3.79. The fourth-order valence-electron chi connectivity index (χ4n) is 6.55. The maximum atomic E-state index is 15.2. The molecule has 0 radical (unpaired) electrons. The Morgan fingerprint density at radius 3 is 2.28 bits per heavy atom. The van der Waals surface area contributed by atoms with E-state index in [2.05, 4.69) is 21.6 Å². The van der Waals surface area contributed by atoms with Gasteiger partial charge in [-0.2, -0.15) is 0 Å². The standard InChI is InChI=1S/C37H45ClFN5O3/c1-4-42(36(46)25(2)3)24-34(30-11-7-8-12-31(30)39)43-17-19-44(20-18-43)37(47)33(21-26-13-15-29(38)16-14-26)41-35(45)32-22-27-9-5-6-10-28(27)23-40-32/h5-16,25,32-34,40H,4,17-24H2,1-3H3,(H,41,45)/t32-,33-,34?/m1/s1. The minimum absolute atomic E-state index is 0.0272. The van der Waals surface area contributed by atoms with E-state index in [1.54, 1.807) is 34.1 Å². The van der Waals surface area contributed by atoms with Crippen molar-refractivity contribution in [2.24, 2.45) is 5.92 Å². The van der Waals surface area contributed by atoms with Crippen LogP contribution in [0.2, 0.25) is 5.02 Å². The van der Waals surface area contributed by atoms with Crippen LogP contribution in [0.3, 0.4) is 0 Å². The van der Waals surface area contributed by atoms with E-state index in [9.17, 15) is 14.4 Å². The van der Waals surface area contributed by atoms with E-state index in [0.29, 0.717) is 69.2 Å². The average Bonchev–Trinajstić information content (AvgIpc) is 3.09. The number of fused-ring (bicyclic) bond motifs is 1. The highest BCUT2D eigenvalue weighted by atomic mass is 35.5. The molecule has 47 heavy (non-hydrogen) atoms. The fraction of sp³-hybridized carbons (Fsp3) is 0.432. The first-order chi connectivity index (χ1) is 22.6. The normalized spacial score (nSPS) is 17.9. The first-order valence-electron chi connectivity index (χ1n) is 16.6. The largest absolute Gasteiger partial charge is 0.343 e. The van der Waals surface area contributed by atoms with Crippen LogP contribution in [-0.4, -0.2) is 83.8 Å². The van der Waals surface area contributed by atoms with Crippen LogP contribution in [0.5, 0.6) is 0 Å². The Balaban J connectivity index is 1.30. The second kappa shape index (κ2) is 15.9. The lowest BCUT2D eigenvalue weighted by molar-refractivity contribution is -0.139. The number of likely N-dealkylation sites (N-methyl/N-ethyl adjacent to an activating group) is 1. The summed E-state index contributed by atoms with van der Waals surface area (Å²) in [6, 6.07) is 20.5. The first kappa shape index (κ1) is 34.5. The van der Waals surface area contributed by atoms with Crippen molar-refractivity contribution in [3.8, 4) is 0 Å². The Kier molecular flexibility index (Phi) is 11.7. The molecule has 3 amide bonds. The number of carbonyl (C=O) groups excluding carboxylic acids is 3. The summed E-state index contributed by atoms with van der Waals surface area (Å²) in [6.07, 6.45) is 0.875. The van der Waals surface area contributed by atoms with Crippen LogP contribution in [0.15, 0.2) is 72.8 Å². The lowest BCUT2D eigenvalue weighted by atomic mass is 9.95. The molecule has 5 rings (SSSR count). The SMILES string of the molecule is CCN(CC(c1ccccc1F)N1CCN(C(=O)[C@@H](Cc2ccc(Cl)cc2)NC(=O)[C@H]2Cc3ccccc3CN2)CC1)C(=O)C(C)C. The van der Waals surface area contributed by atoms with Gasteiger partial charge in [0.15, 0.2) is 0 Å². The molecule has 1 unspecified atom stereocenters. The van der Waals surface area contributed by atoms with Gasteiger partial charge in [0.1, 0.15) is 11.9 Å². The fourth-order valence-corrected chi connectivity index (χ4v) is 6.67. The summed E-state index contributed by atoms with van der Waals surface area (Å²) < 4.78 is 15.2. The van der Waals surface area contributed by atoms with Crippen molar-refractivity contribution < 1.29 is 18.8 Å². The molecule has 0 aromatic heterocycles. The average molecular weight is 662 g/mol. The molecule has 3 aromatic carbocycles. The third kappa shape index (κ3) is 8.58. The van der Waals surface area contributed by atoms with Crippen LogP contribution < -0.4 is 10.6 Å². The second-order valence-electron chi connectivity index (χ2n) is 12.7. The maximum Gasteiger partial charge on any atom is 0.245 e. The molecule has 0 spiro atoms. The maximum absolute atomic E-state index is 15.2. The van der Waals surface area contributed by atoms with E-state index in [1.165, 1.54) is 11.6 Å². The van der Waals surface area contributed by atoms with Crippen LogP contribution in [0.4, 0.5) is 4.39 Å². The molecule has 250 valence electrons. The second-order valence-corrected chi connectivity index (χ2v) is 13.2. The van der Waals surface area contributed by atoms with Crippen LogP contribution >= 0.6 is 11.6 Å². The first-order valence-corrected chi connectivity index (χ1v) is 16.9. The van der Waals surface area contributed by atoms with Gasteiger partial charge in [0.25, 0.3) is 0 Å². The number of halogens is 2. The summed E-state index contributed by atoms with van der Waals surface area (Å²) >= 11 is 6.12. The molecule has 1 saturated heterocycles. The topological polar surface area (TPSA) is 85.0 Å². The van der Waals surface area contributed by atoms with E-state index in [4.69, 9.17) is 11.6 Å². The number of nitrogens with zero attached hydrogens (tertiary/aromatic N) is 3. The minimum Gasteiger partial charge on any atom is -0.343 e. The van der Waals surface area contributed by atoms with Gasteiger partial charge in [0.05, 0.1) is 12.1 Å². The van der Waals surface area contributed by atoms with Crippen molar-refractivity contribution in [3.63, 3.8) is 0 Å². The molecule has 0 saturated carbocycles. The third-order valence-electron chi connectivity index (χ3n) is 9.28. The summed E-state index contributed by atoms with van der Waals surface area (Å²) in [5, 5.41) is 6.99. The zero-order chi connectivity index (χ0) is 33.5. The van der Waals surface area contributed by atoms with Crippen molar-refractivity contribution in [1.29, 1.82) is 0 Å². The van der Waals surface area contributed by atoms with Crippen molar-refractivity contribution in [3.05, 3.63) is 106 Å². The predicted octanol–water partition coefficient (Wildman–Crippen LogP) is 4.61. The van der Waals surface area contributed by atoms with Gasteiger partial charge in [-0.1, -0.05) is 80.0 Å². The highest BCUT2D eigenvalue weighted by Gasteiger charge is 2.35. The van der Waals surface area contributed by atoms with Gasteiger partial charge in [0, 0.05) is 68.7 Å². The lowest BCUT2D eigenvalue weighted by Gasteiger charge is -2.42. The molecule has 1 fully saturated rings. The van der Waals surface area contributed by atoms with Crippen LogP contribution in [-0.2, 0) is 33.8 Å². The van der Waals surface area contributed by atoms with E-state index < -0.39 is 12.1 Å². The van der Waals surface area contributed by atoms with Gasteiger partial charge in [-0.3, -0.25) is 19.3 Å². The van der Waals surface area contributed by atoms with Crippen LogP contribution in [0.25, 0.3) is 0 Å². The molecule has 3 aromatic rings. The number of nitrogens with one attached hydrogen (secondary N) is 2. The molecule has 0 bridgehead atoms. The summed E-state index contributed by atoms with van der Waals surface area (Å²) in [5.41, 5.74) is 3.73. The number of hydrogen-bond donors (Lipinski definition) is 2. The highest BCUT2D eigenvalue weighted by Crippen LogP contribution is 2.27. The highest BCUT2D eigenvalue weighted by molar-refractivity contribution is 6.30. The number of carbonyl (C=O) groups is 3. The number of piperazine rings is 1. The van der Waals surface area contributed by atoms with Crippen LogP contribution in [0, 0.1) is 11.7 Å². The van der Waals surface area contributed by atoms with Crippen molar-refractivity contribution >= 4 is 29.3 Å². The quantitative estimate of drug-likeness (QED) is 0.314. The van der Waals surface area contributed by atoms with Gasteiger partial charge >= 0.3 is 0 Å². The van der Waals surface area contributed by atoms with Crippen molar-refractivity contribution in [1.82, 2.24) is 25.3 Å². The molecule has 2 aliphatic rings. The molecule has 3 atom stereocenters. The van der Waals surface area contributed by atoms with Crippen molar-refractivity contribution in [2.45, 2.75) is 58.3 Å². The molecule has 2 aliphatic heterocycles. The summed E-state index contributed by atoms with van der Waals surface area (Å²) in [6.45, 7) is 8.97. The van der Waals surface area contributed by atoms with E-state index in [-0.39, 0.29) is 35.5 Å². The monoisotopic (exact) mass is 661 g/mol. The van der Waals surface area contributed by atoms with E-state index in [1.807, 2.05) is 57.2 Å². The molecule has 8 nitrogen and oxygen atoms in total. The van der Waals surface area contributed by atoms with Crippen LogP contribution in [0.1, 0.15) is 49.1 Å². The predicted molar refractivity (Wildman–Crippen MR) is 182 cm³/mol. The molecule has 2 heterocycles. The molecular formula is C37H45ClFN5O3. The Morgan fingerprint density at radius 1 is 0.957 bits per heavy atom. The van der Waals surface area contributed by atoms with Gasteiger partial charge in [-0.25, -0.2) is 4.39 Å². The van der Waals surface area contributed by atoms with Gasteiger partial charge < -0.3 is 20.4 Å². The third-order valence-corrected chi connectivity index (χ3v) is 9.53. The van der Waals surface area contributed by atoms with Gasteiger partial charge in [0.2, 0.25) is 17.7 Å². The summed E-state index contributed by atoms with van der Waals surface area (Å²) in [5.74, 6) is -0.818. The Morgan fingerprint density at radius 2 is 1.62 bits per heavy atom. The molecule has 2 N–H and O–H groups in total. The van der Waals surface area contributed by atoms with Gasteiger partial charge in [-0.05, 0) is 48.2 Å². The van der Waals surface area contributed by atoms with Crippen molar-refractivity contribution in [2.75, 3.05) is 39.3 Å². The number of benzene rings is 3. The minimum atomic E-state index is -0.768. The number of amides is 3. The molecular weight excluding hydrogens is 617 g/mol. The number of rotatable bonds is 11. The molecule has 0 aliphatic carbocycles.